The van der Waals surface area contributed by atoms with Gasteiger partial charge in [-0.1, -0.05) is 0 Å². The molecular weight excluding hydrogens is 166 g/mol. The third kappa shape index (κ3) is 0.807. The Balaban J connectivity index is 2.24. The normalized spacial score (nSPS) is 43.3. The average Bonchev–Trinajstić information content (AvgIpc) is 2.40. The van der Waals surface area contributed by atoms with Crippen LogP contribution in [0.5, 0.6) is 0 Å². The van der Waals surface area contributed by atoms with Gasteiger partial charge in [-0.05, 0) is 19.3 Å². The zero-order valence-corrected chi connectivity index (χ0v) is 6.46. The minimum atomic E-state index is -2.71. The Hall–Kier alpha value is -0.670. The number of carboxylic acids is 1. The van der Waals surface area contributed by atoms with Crippen LogP contribution in [0.4, 0.5) is 8.78 Å². The molecule has 2 nitrogen and oxygen atoms in total. The summed E-state index contributed by atoms with van der Waals surface area (Å²) >= 11 is 0. The third-order valence-electron chi connectivity index (χ3n) is 3.21. The van der Waals surface area contributed by atoms with Crippen molar-refractivity contribution in [3.05, 3.63) is 0 Å². The fraction of sp³-hybridized carbons (Fsp3) is 0.875. The number of fused-ring (bicyclic) bond motifs is 2. The molecule has 2 rings (SSSR count). The van der Waals surface area contributed by atoms with E-state index in [-0.39, 0.29) is 6.42 Å². The smallest absolute Gasteiger partial charge is 0.307 e. The standard InChI is InChI=1S/C8H10F2O2/c9-8(10)4-1-2-6(8)5(3-4)7(11)12/h4-6H,1-3H2,(H,11,12)/t4-,5+,6-/m1/s1. The molecule has 2 fully saturated rings. The number of carbonyl (C=O) groups is 1. The number of alkyl halides is 2. The first kappa shape index (κ1) is 7.95. The van der Waals surface area contributed by atoms with E-state index in [4.69, 9.17) is 5.11 Å². The maximum absolute atomic E-state index is 13.1. The minimum Gasteiger partial charge on any atom is -0.481 e. The summed E-state index contributed by atoms with van der Waals surface area (Å²) in [6.07, 6.45) is 1.06. The lowest BCUT2D eigenvalue weighted by molar-refractivity contribution is -0.145. The predicted octanol–water partition coefficient (Wildman–Crippen LogP) is 1.75. The first-order valence-corrected chi connectivity index (χ1v) is 4.14. The van der Waals surface area contributed by atoms with Crippen LogP contribution >= 0.6 is 0 Å². The quantitative estimate of drug-likeness (QED) is 0.660. The van der Waals surface area contributed by atoms with Gasteiger partial charge in [0.05, 0.1) is 5.92 Å². The number of hydrogen-bond donors (Lipinski definition) is 1. The Bertz CT molecular complexity index is 227. The van der Waals surface area contributed by atoms with Crippen molar-refractivity contribution in [1.29, 1.82) is 0 Å². The second kappa shape index (κ2) is 2.18. The molecule has 0 amide bonds. The van der Waals surface area contributed by atoms with Gasteiger partial charge in [0.25, 0.3) is 5.92 Å². The van der Waals surface area contributed by atoms with Gasteiger partial charge < -0.3 is 5.11 Å². The van der Waals surface area contributed by atoms with E-state index in [2.05, 4.69) is 0 Å². The Morgan fingerprint density at radius 2 is 2.08 bits per heavy atom. The molecule has 0 radical (unpaired) electrons. The van der Waals surface area contributed by atoms with Crippen LogP contribution in [0, 0.1) is 17.8 Å². The lowest BCUT2D eigenvalue weighted by Crippen LogP contribution is -2.27. The summed E-state index contributed by atoms with van der Waals surface area (Å²) < 4.78 is 26.3. The van der Waals surface area contributed by atoms with Gasteiger partial charge in [-0.3, -0.25) is 4.79 Å². The van der Waals surface area contributed by atoms with Gasteiger partial charge >= 0.3 is 5.97 Å². The zero-order valence-electron chi connectivity index (χ0n) is 6.46. The van der Waals surface area contributed by atoms with Crippen LogP contribution < -0.4 is 0 Å². The molecule has 2 aliphatic rings. The van der Waals surface area contributed by atoms with Crippen molar-refractivity contribution in [1.82, 2.24) is 0 Å². The molecule has 2 bridgehead atoms. The van der Waals surface area contributed by atoms with Crippen molar-refractivity contribution in [3.63, 3.8) is 0 Å². The van der Waals surface area contributed by atoms with Crippen molar-refractivity contribution in [3.8, 4) is 0 Å². The lowest BCUT2D eigenvalue weighted by atomic mass is 9.89. The molecule has 2 saturated carbocycles. The van der Waals surface area contributed by atoms with E-state index in [1.807, 2.05) is 0 Å². The Kier molecular flexibility index (Phi) is 1.44. The van der Waals surface area contributed by atoms with Gasteiger partial charge in [0.1, 0.15) is 0 Å². The Morgan fingerprint density at radius 1 is 1.42 bits per heavy atom. The van der Waals surface area contributed by atoms with Gasteiger partial charge in [-0.2, -0.15) is 0 Å². The molecule has 0 aromatic carbocycles. The van der Waals surface area contributed by atoms with E-state index < -0.39 is 29.6 Å². The van der Waals surface area contributed by atoms with E-state index in [1.165, 1.54) is 0 Å². The summed E-state index contributed by atoms with van der Waals surface area (Å²) in [5.41, 5.74) is 0. The van der Waals surface area contributed by atoms with Crippen molar-refractivity contribution in [2.45, 2.75) is 25.2 Å². The fourth-order valence-electron chi connectivity index (χ4n) is 2.56. The number of carboxylic acid groups (broad SMARTS) is 1. The molecule has 0 aliphatic heterocycles. The van der Waals surface area contributed by atoms with Gasteiger partial charge in [-0.25, -0.2) is 8.78 Å². The van der Waals surface area contributed by atoms with E-state index >= 15 is 0 Å². The van der Waals surface area contributed by atoms with Gasteiger partial charge in [0, 0.05) is 11.8 Å². The number of rotatable bonds is 1. The topological polar surface area (TPSA) is 37.3 Å². The second-order valence-corrected chi connectivity index (χ2v) is 3.74. The highest BCUT2D eigenvalue weighted by Gasteiger charge is 2.62. The lowest BCUT2D eigenvalue weighted by Gasteiger charge is -2.16. The molecule has 0 heterocycles. The molecule has 1 N–H and O–H groups in total. The molecule has 4 heteroatoms. The molecule has 68 valence electrons. The maximum Gasteiger partial charge on any atom is 0.307 e. The number of hydrogen-bond acceptors (Lipinski definition) is 1. The van der Waals surface area contributed by atoms with Crippen LogP contribution in [0.1, 0.15) is 19.3 Å². The minimum absolute atomic E-state index is 0.174. The predicted molar refractivity (Wildman–Crippen MR) is 36.9 cm³/mol. The van der Waals surface area contributed by atoms with E-state index in [1.54, 1.807) is 0 Å². The van der Waals surface area contributed by atoms with Gasteiger partial charge in [0.15, 0.2) is 0 Å². The van der Waals surface area contributed by atoms with E-state index in [9.17, 15) is 13.6 Å². The van der Waals surface area contributed by atoms with Crippen molar-refractivity contribution in [2.75, 3.05) is 0 Å². The summed E-state index contributed by atoms with van der Waals surface area (Å²) in [4.78, 5) is 10.5. The SMILES string of the molecule is O=C(O)[C@H]1C[C@H]2CC[C@H]1C2(F)F. The molecule has 0 saturated heterocycles. The Labute approximate surface area is 68.6 Å². The highest BCUT2D eigenvalue weighted by Crippen LogP contribution is 2.58. The summed E-state index contributed by atoms with van der Waals surface area (Å²) in [5.74, 6) is -6.10. The largest absolute Gasteiger partial charge is 0.481 e. The van der Waals surface area contributed by atoms with Crippen LogP contribution in [0.25, 0.3) is 0 Å². The zero-order chi connectivity index (χ0) is 8.93. The molecular formula is C8H10F2O2. The molecule has 0 aromatic heterocycles. The van der Waals surface area contributed by atoms with Crippen LogP contribution in [0.2, 0.25) is 0 Å². The van der Waals surface area contributed by atoms with Crippen molar-refractivity contribution < 1.29 is 18.7 Å². The van der Waals surface area contributed by atoms with Crippen LogP contribution in [0.15, 0.2) is 0 Å². The molecule has 0 unspecified atom stereocenters. The maximum atomic E-state index is 13.1. The summed E-state index contributed by atoms with van der Waals surface area (Å²) in [6.45, 7) is 0. The summed E-state index contributed by atoms with van der Waals surface area (Å²) in [5, 5.41) is 8.63. The second-order valence-electron chi connectivity index (χ2n) is 3.74. The van der Waals surface area contributed by atoms with Crippen LogP contribution in [-0.4, -0.2) is 17.0 Å². The highest BCUT2D eigenvalue weighted by molar-refractivity contribution is 5.71. The fourth-order valence-corrected chi connectivity index (χ4v) is 2.56. The van der Waals surface area contributed by atoms with E-state index in [0.717, 1.165) is 0 Å². The molecule has 12 heavy (non-hydrogen) atoms. The van der Waals surface area contributed by atoms with Crippen molar-refractivity contribution in [2.24, 2.45) is 17.8 Å². The third-order valence-corrected chi connectivity index (χ3v) is 3.21. The molecule has 3 atom stereocenters. The number of halogens is 2. The van der Waals surface area contributed by atoms with Gasteiger partial charge in [0.2, 0.25) is 0 Å². The molecule has 2 aliphatic carbocycles. The first-order chi connectivity index (χ1) is 5.53. The molecule has 0 spiro atoms. The summed E-state index contributed by atoms with van der Waals surface area (Å²) in [7, 11) is 0. The van der Waals surface area contributed by atoms with Crippen LogP contribution in [-0.2, 0) is 4.79 Å². The highest BCUT2D eigenvalue weighted by atomic mass is 19.3. The van der Waals surface area contributed by atoms with E-state index in [0.29, 0.717) is 12.8 Å². The van der Waals surface area contributed by atoms with Crippen LogP contribution in [0.3, 0.4) is 0 Å². The Morgan fingerprint density at radius 3 is 2.33 bits per heavy atom. The monoisotopic (exact) mass is 176 g/mol. The first-order valence-electron chi connectivity index (χ1n) is 4.14. The molecule has 0 aromatic rings. The van der Waals surface area contributed by atoms with Gasteiger partial charge in [-0.15, -0.1) is 0 Å². The van der Waals surface area contributed by atoms with Crippen molar-refractivity contribution >= 4 is 5.97 Å². The summed E-state index contributed by atoms with van der Waals surface area (Å²) in [6, 6.07) is 0. The number of aliphatic carboxylic acids is 1. The average molecular weight is 176 g/mol.